The second-order valence-corrected chi connectivity index (χ2v) is 18.5. The molecule has 0 fully saturated rings. The van der Waals surface area contributed by atoms with Gasteiger partial charge in [-0.3, -0.25) is 0 Å². The average molecular weight is 525 g/mol. The third-order valence-corrected chi connectivity index (χ3v) is 14.3. The van der Waals surface area contributed by atoms with E-state index in [4.69, 9.17) is 0 Å². The maximum Gasteiger partial charge on any atom is 0.198 e. The maximum atomic E-state index is 10.2. The van der Waals surface area contributed by atoms with Gasteiger partial charge in [-0.15, -0.1) is 10.1 Å². The van der Waals surface area contributed by atoms with E-state index >= 15 is 0 Å². The molecule has 0 heterocycles. The predicted molar refractivity (Wildman–Crippen MR) is 160 cm³/mol. The van der Waals surface area contributed by atoms with Gasteiger partial charge in [-0.1, -0.05) is 167 Å². The fraction of sp³-hybridized carbons (Fsp3) is 1.00. The lowest BCUT2D eigenvalue weighted by atomic mass is 10.1. The van der Waals surface area contributed by atoms with Gasteiger partial charge >= 0.3 is 0 Å². The highest BCUT2D eigenvalue weighted by atomic mass is 32.9. The molecule has 0 aromatic carbocycles. The van der Waals surface area contributed by atoms with E-state index in [9.17, 15) is 9.79 Å². The van der Waals surface area contributed by atoms with Crippen LogP contribution < -0.4 is 0 Å². The summed E-state index contributed by atoms with van der Waals surface area (Å²) < 4.78 is 0. The van der Waals surface area contributed by atoms with Crippen molar-refractivity contribution in [2.45, 2.75) is 168 Å². The Labute approximate surface area is 216 Å². The van der Waals surface area contributed by atoms with E-state index in [1.165, 1.54) is 141 Å². The zero-order valence-corrected chi connectivity index (χ0v) is 25.2. The Morgan fingerprint density at radius 3 is 0.848 bits per heavy atom. The molecule has 0 spiro atoms. The minimum atomic E-state index is -2.97. The van der Waals surface area contributed by atoms with E-state index < -0.39 is 5.69 Å². The van der Waals surface area contributed by atoms with Gasteiger partial charge in [0.15, 0.2) is 5.69 Å². The van der Waals surface area contributed by atoms with E-state index in [0.29, 0.717) is 0 Å². The fourth-order valence-corrected chi connectivity index (χ4v) is 10.0. The highest BCUT2D eigenvalue weighted by Gasteiger charge is 2.10. The Balaban J connectivity index is 3.61. The summed E-state index contributed by atoms with van der Waals surface area (Å²) in [7, 11) is -0.284. The highest BCUT2D eigenvalue weighted by Crippen LogP contribution is 2.47. The quantitative estimate of drug-likeness (QED) is 0.0598. The Kier molecular flexibility index (Phi) is 27.0. The summed E-state index contributed by atoms with van der Waals surface area (Å²) in [5.41, 5.74) is -2.97. The molecular formula is C28H61O2PS2. The number of hydrogen-bond acceptors (Lipinski definition) is 0. The molecule has 2 nitrogen and oxygen atoms in total. The first-order chi connectivity index (χ1) is 16.0. The minimum Gasteiger partial charge on any atom is -0.341 e. The predicted octanol–water partition coefficient (Wildman–Crippen LogP) is 10.6. The Bertz CT molecular complexity index is 413. The van der Waals surface area contributed by atoms with Crippen LogP contribution in [0.1, 0.15) is 168 Å². The van der Waals surface area contributed by atoms with Crippen molar-refractivity contribution in [2.75, 3.05) is 11.5 Å². The Morgan fingerprint density at radius 1 is 0.424 bits per heavy atom. The molecule has 0 bridgehead atoms. The third-order valence-electron chi connectivity index (χ3n) is 6.81. The molecule has 0 aromatic heterocycles. The summed E-state index contributed by atoms with van der Waals surface area (Å²) in [6.45, 7) is 4.56. The van der Waals surface area contributed by atoms with E-state index in [1.54, 1.807) is 0 Å². The molecule has 0 aliphatic carbocycles. The first-order valence-corrected chi connectivity index (χ1v) is 19.8. The molecule has 5 heteroatoms. The summed E-state index contributed by atoms with van der Waals surface area (Å²) in [4.78, 5) is 20.3. The molecule has 0 radical (unpaired) electrons. The van der Waals surface area contributed by atoms with Crippen molar-refractivity contribution >= 4 is 28.0 Å². The van der Waals surface area contributed by atoms with Crippen molar-refractivity contribution < 1.29 is 9.79 Å². The lowest BCUT2D eigenvalue weighted by Crippen LogP contribution is -2.04. The Morgan fingerprint density at radius 2 is 0.636 bits per heavy atom. The second-order valence-electron chi connectivity index (χ2n) is 10.2. The lowest BCUT2D eigenvalue weighted by Gasteiger charge is -2.16. The van der Waals surface area contributed by atoms with Crippen LogP contribution in [0.5, 0.6) is 0 Å². The lowest BCUT2D eigenvalue weighted by molar-refractivity contribution is 0.502. The average Bonchev–Trinajstić information content (AvgIpc) is 2.78. The summed E-state index contributed by atoms with van der Waals surface area (Å²) in [5, 5.41) is 0. The van der Waals surface area contributed by atoms with Crippen molar-refractivity contribution in [3.63, 3.8) is 0 Å². The minimum absolute atomic E-state index is 0.284. The Hall–Kier alpha value is 1.05. The molecule has 0 unspecified atom stereocenters. The molecule has 0 aromatic rings. The van der Waals surface area contributed by atoms with Crippen LogP contribution in [0.2, 0.25) is 0 Å². The molecule has 0 amide bonds. The number of hydrogen-bond donors (Lipinski definition) is 3. The maximum absolute atomic E-state index is 10.2. The van der Waals surface area contributed by atoms with Gasteiger partial charge in [0.2, 0.25) is 0 Å². The van der Waals surface area contributed by atoms with Gasteiger partial charge in [0, 0.05) is 0 Å². The first-order valence-electron chi connectivity index (χ1n) is 14.8. The van der Waals surface area contributed by atoms with Crippen LogP contribution >= 0.6 is 17.9 Å². The van der Waals surface area contributed by atoms with Gasteiger partial charge in [0.05, 0.1) is 0 Å². The third kappa shape index (κ3) is 25.9. The van der Waals surface area contributed by atoms with Crippen molar-refractivity contribution in [1.82, 2.24) is 0 Å². The van der Waals surface area contributed by atoms with Gasteiger partial charge in [0.25, 0.3) is 0 Å². The second kappa shape index (κ2) is 26.1. The normalized spacial score (nSPS) is 12.2. The first kappa shape index (κ1) is 34.0. The van der Waals surface area contributed by atoms with Crippen LogP contribution in [0.4, 0.5) is 0 Å². The molecule has 0 aliphatic rings. The monoisotopic (exact) mass is 524 g/mol. The molecule has 0 saturated heterocycles. The zero-order valence-electron chi connectivity index (χ0n) is 22.6. The van der Waals surface area contributed by atoms with Gasteiger partial charge in [-0.2, -0.15) is 0 Å². The van der Waals surface area contributed by atoms with Crippen LogP contribution in [0.15, 0.2) is 0 Å². The molecular weight excluding hydrogens is 463 g/mol. The van der Waals surface area contributed by atoms with Gasteiger partial charge in [0.1, 0.15) is 0 Å². The van der Waals surface area contributed by atoms with Crippen LogP contribution in [0, 0.1) is 0 Å². The standard InChI is InChI=1S/C28H61O2PS2/c1-3-5-7-9-11-13-15-17-19-21-23-25-27-33(31(29,30)32)28-26-24-22-20-18-16-14-12-10-8-6-4-2/h29-30,32H,3-28H2,1-2H3. The van der Waals surface area contributed by atoms with E-state index in [2.05, 4.69) is 26.1 Å². The molecule has 0 aliphatic heterocycles. The smallest absolute Gasteiger partial charge is 0.198 e. The number of unbranched alkanes of at least 4 members (excludes halogenated alkanes) is 22. The molecule has 2 N–H and O–H groups in total. The van der Waals surface area contributed by atoms with E-state index in [0.717, 1.165) is 24.3 Å². The van der Waals surface area contributed by atoms with Crippen molar-refractivity contribution in [3.05, 3.63) is 0 Å². The summed E-state index contributed by atoms with van der Waals surface area (Å²) in [6, 6.07) is 0. The molecule has 0 atom stereocenters. The molecule has 0 rings (SSSR count). The number of thiol groups is 1. The van der Waals surface area contributed by atoms with Crippen molar-refractivity contribution in [2.24, 2.45) is 0 Å². The van der Waals surface area contributed by atoms with Gasteiger partial charge in [-0.25, -0.2) is 0 Å². The highest BCUT2D eigenvalue weighted by molar-refractivity contribution is 8.65. The summed E-state index contributed by atoms with van der Waals surface area (Å²) >= 11 is 4.21. The van der Waals surface area contributed by atoms with Crippen LogP contribution in [-0.4, -0.2) is 21.3 Å². The summed E-state index contributed by atoms with van der Waals surface area (Å²) in [6.07, 6.45) is 32.4. The zero-order chi connectivity index (χ0) is 24.5. The van der Waals surface area contributed by atoms with Crippen LogP contribution in [-0.2, 0) is 10.1 Å². The number of rotatable bonds is 26. The topological polar surface area (TPSA) is 40.5 Å². The largest absolute Gasteiger partial charge is 0.341 e. The molecule has 33 heavy (non-hydrogen) atoms. The van der Waals surface area contributed by atoms with Crippen molar-refractivity contribution in [3.8, 4) is 0 Å². The van der Waals surface area contributed by atoms with Crippen LogP contribution in [0.25, 0.3) is 0 Å². The van der Waals surface area contributed by atoms with E-state index in [-0.39, 0.29) is 10.1 Å². The van der Waals surface area contributed by atoms with Crippen LogP contribution in [0.3, 0.4) is 0 Å². The van der Waals surface area contributed by atoms with Crippen molar-refractivity contribution in [1.29, 1.82) is 0 Å². The SMILES string of the molecule is CCCCCCCCCCCCCCS(CCCCCCCCCCCCCC)=P(O)(O)S. The van der Waals surface area contributed by atoms with Gasteiger partial charge < -0.3 is 9.79 Å². The fourth-order valence-electron chi connectivity index (χ4n) is 4.57. The summed E-state index contributed by atoms with van der Waals surface area (Å²) in [5.74, 6) is 1.94. The van der Waals surface area contributed by atoms with E-state index in [1.807, 2.05) is 0 Å². The van der Waals surface area contributed by atoms with Gasteiger partial charge in [-0.05, 0) is 24.3 Å². The molecule has 0 saturated carbocycles. The molecule has 202 valence electrons.